The van der Waals surface area contributed by atoms with Crippen LogP contribution in [0.1, 0.15) is 53.1 Å². The van der Waals surface area contributed by atoms with Crippen molar-refractivity contribution in [1.29, 1.82) is 0 Å². The minimum absolute atomic E-state index is 0.0541. The monoisotopic (exact) mass is 411 g/mol. The summed E-state index contributed by atoms with van der Waals surface area (Å²) in [6.45, 7) is 0. The van der Waals surface area contributed by atoms with Gasteiger partial charge in [0, 0.05) is 0 Å². The van der Waals surface area contributed by atoms with Crippen LogP contribution in [0.15, 0.2) is 84.9 Å². The van der Waals surface area contributed by atoms with Crippen molar-refractivity contribution in [3.8, 4) is 0 Å². The van der Waals surface area contributed by atoms with Crippen LogP contribution in [0.4, 0.5) is 4.79 Å². The second-order valence-electron chi connectivity index (χ2n) is 8.18. The maximum absolute atomic E-state index is 13.4. The average molecular weight is 412 g/mol. The van der Waals surface area contributed by atoms with E-state index in [0.29, 0.717) is 0 Å². The zero-order valence-corrected chi connectivity index (χ0v) is 17.2. The fraction of sp³-hybridized carbons (Fsp3) is 0.231. The molecule has 3 amide bonds. The molecule has 1 saturated heterocycles. The summed E-state index contributed by atoms with van der Waals surface area (Å²) in [4.78, 5) is 26.5. The molecule has 3 unspecified atom stereocenters. The molecule has 1 aliphatic carbocycles. The number of benzene rings is 3. The maximum atomic E-state index is 13.4. The maximum Gasteiger partial charge on any atom is 0.337 e. The molecule has 5 nitrogen and oxygen atoms in total. The fourth-order valence-corrected chi connectivity index (χ4v) is 4.84. The van der Waals surface area contributed by atoms with Crippen molar-refractivity contribution < 1.29 is 9.59 Å². The van der Waals surface area contributed by atoms with E-state index in [0.717, 1.165) is 30.4 Å². The summed E-state index contributed by atoms with van der Waals surface area (Å²) in [5, 5.41) is 4.66. The summed E-state index contributed by atoms with van der Waals surface area (Å²) < 4.78 is 0. The summed E-state index contributed by atoms with van der Waals surface area (Å²) in [7, 11) is 0. The van der Waals surface area contributed by atoms with Crippen LogP contribution in [0, 0.1) is 0 Å². The van der Waals surface area contributed by atoms with Gasteiger partial charge in [-0.15, -0.1) is 0 Å². The van der Waals surface area contributed by atoms with Gasteiger partial charge in [-0.1, -0.05) is 84.9 Å². The summed E-state index contributed by atoms with van der Waals surface area (Å²) in [5.41, 5.74) is 7.12. The van der Waals surface area contributed by atoms with Crippen LogP contribution in [0.5, 0.6) is 0 Å². The first-order valence-electron chi connectivity index (χ1n) is 10.8. The molecular formula is C26H25N3O2. The first kappa shape index (κ1) is 19.4. The Balaban J connectivity index is 1.46. The smallest absolute Gasteiger partial charge is 0.330 e. The van der Waals surface area contributed by atoms with E-state index in [1.54, 1.807) is 0 Å². The van der Waals surface area contributed by atoms with Crippen molar-refractivity contribution in [3.05, 3.63) is 107 Å². The largest absolute Gasteiger partial charge is 0.337 e. The number of hydrogen-bond donors (Lipinski definition) is 2. The lowest BCUT2D eigenvalue weighted by Gasteiger charge is -2.31. The van der Waals surface area contributed by atoms with Gasteiger partial charge in [-0.25, -0.2) is 9.80 Å². The lowest BCUT2D eigenvalue weighted by molar-refractivity contribution is -0.121. The van der Waals surface area contributed by atoms with Crippen LogP contribution in [0.3, 0.4) is 0 Å². The predicted octanol–water partition coefficient (Wildman–Crippen LogP) is 4.65. The molecule has 3 aromatic rings. The van der Waals surface area contributed by atoms with Crippen LogP contribution in [0.2, 0.25) is 0 Å². The highest BCUT2D eigenvalue weighted by atomic mass is 16.2. The number of nitrogens with one attached hydrogen (secondary N) is 2. The van der Waals surface area contributed by atoms with Gasteiger partial charge in [0.25, 0.3) is 0 Å². The molecule has 0 aromatic heterocycles. The quantitative estimate of drug-likeness (QED) is 0.659. The first-order chi connectivity index (χ1) is 15.2. The van der Waals surface area contributed by atoms with Crippen LogP contribution in [-0.4, -0.2) is 16.9 Å². The predicted molar refractivity (Wildman–Crippen MR) is 119 cm³/mol. The topological polar surface area (TPSA) is 61.4 Å². The van der Waals surface area contributed by atoms with E-state index in [9.17, 15) is 9.59 Å². The molecule has 1 heterocycles. The van der Waals surface area contributed by atoms with Gasteiger partial charge in [-0.3, -0.25) is 10.2 Å². The summed E-state index contributed by atoms with van der Waals surface area (Å²) >= 11 is 0. The molecule has 3 aromatic carbocycles. The Hall–Kier alpha value is -3.60. The van der Waals surface area contributed by atoms with Crippen molar-refractivity contribution in [2.24, 2.45) is 0 Å². The molecule has 2 aliphatic rings. The van der Waals surface area contributed by atoms with Crippen LogP contribution in [-0.2, 0) is 11.2 Å². The van der Waals surface area contributed by atoms with Gasteiger partial charge in [0.05, 0.1) is 18.0 Å². The minimum Gasteiger partial charge on any atom is -0.330 e. The molecule has 1 aliphatic heterocycles. The molecule has 0 bridgehead atoms. The Morgan fingerprint density at radius 3 is 2.26 bits per heavy atom. The second kappa shape index (κ2) is 8.26. The molecule has 5 rings (SSSR count). The van der Waals surface area contributed by atoms with E-state index in [4.69, 9.17) is 0 Å². The normalized spacial score (nSPS) is 22.5. The van der Waals surface area contributed by atoms with Crippen molar-refractivity contribution in [2.75, 3.05) is 0 Å². The van der Waals surface area contributed by atoms with Gasteiger partial charge >= 0.3 is 6.03 Å². The van der Waals surface area contributed by atoms with E-state index in [2.05, 4.69) is 22.9 Å². The molecule has 0 radical (unpaired) electrons. The van der Waals surface area contributed by atoms with Gasteiger partial charge in [0.15, 0.2) is 0 Å². The summed E-state index contributed by atoms with van der Waals surface area (Å²) in [6.07, 6.45) is 2.96. The van der Waals surface area contributed by atoms with Crippen molar-refractivity contribution in [2.45, 2.75) is 37.3 Å². The van der Waals surface area contributed by atoms with Gasteiger partial charge in [0.1, 0.15) is 0 Å². The third-order valence-electron chi connectivity index (χ3n) is 6.29. The molecule has 0 spiro atoms. The summed E-state index contributed by atoms with van der Waals surface area (Å²) in [6, 6.07) is 26.9. The van der Waals surface area contributed by atoms with Crippen LogP contribution in [0.25, 0.3) is 0 Å². The van der Waals surface area contributed by atoms with E-state index in [1.165, 1.54) is 16.1 Å². The Kier molecular flexibility index (Phi) is 5.16. The fourth-order valence-electron chi connectivity index (χ4n) is 4.84. The van der Waals surface area contributed by atoms with E-state index in [1.807, 2.05) is 72.8 Å². The van der Waals surface area contributed by atoms with Crippen molar-refractivity contribution >= 4 is 11.9 Å². The summed E-state index contributed by atoms with van der Waals surface area (Å²) in [5.74, 6) is -0.632. The zero-order valence-electron chi connectivity index (χ0n) is 17.2. The highest BCUT2D eigenvalue weighted by Crippen LogP contribution is 2.40. The Labute approximate surface area is 182 Å². The number of amides is 3. The lowest BCUT2D eigenvalue weighted by Crippen LogP contribution is -2.47. The lowest BCUT2D eigenvalue weighted by atomic mass is 9.87. The molecule has 5 heteroatoms. The van der Waals surface area contributed by atoms with Gasteiger partial charge < -0.3 is 5.32 Å². The molecule has 3 atom stereocenters. The van der Waals surface area contributed by atoms with Gasteiger partial charge in [-0.2, -0.15) is 0 Å². The second-order valence-corrected chi connectivity index (χ2v) is 8.18. The minimum atomic E-state index is -0.465. The first-order valence-corrected chi connectivity index (χ1v) is 10.8. The van der Waals surface area contributed by atoms with Gasteiger partial charge in [0.2, 0.25) is 5.91 Å². The number of carbonyl (C=O) groups is 2. The number of carbonyl (C=O) groups excluding carboxylic acids is 2. The van der Waals surface area contributed by atoms with E-state index in [-0.39, 0.29) is 18.0 Å². The van der Waals surface area contributed by atoms with Crippen LogP contribution < -0.4 is 10.7 Å². The van der Waals surface area contributed by atoms with Crippen LogP contribution >= 0.6 is 0 Å². The third-order valence-corrected chi connectivity index (χ3v) is 6.29. The van der Waals surface area contributed by atoms with Gasteiger partial charge in [-0.05, 0) is 41.5 Å². The number of hydrogen-bond acceptors (Lipinski definition) is 2. The Bertz CT molecular complexity index is 1080. The Morgan fingerprint density at radius 2 is 1.52 bits per heavy atom. The molecule has 1 fully saturated rings. The standard InChI is InChI=1S/C26H25N3O2/c30-25-23(19-11-3-1-4-12-19)24(20-13-5-2-6-14-20)29(28-25)26(31)27-22-17-9-15-18-10-7-8-16-21(18)22/h1-8,10-14,16,22-24H,9,15,17H2,(H,27,31)(H,28,30). The SMILES string of the molecule is O=C1NN(C(=O)NC2CCCc3ccccc32)C(c2ccccc2)C1c1ccccc1. The molecule has 2 N–H and O–H groups in total. The number of urea groups is 1. The third kappa shape index (κ3) is 3.67. The van der Waals surface area contributed by atoms with E-state index >= 15 is 0 Å². The van der Waals surface area contributed by atoms with Crippen molar-refractivity contribution in [3.63, 3.8) is 0 Å². The highest BCUT2D eigenvalue weighted by Gasteiger charge is 2.45. The molecular weight excluding hydrogens is 386 g/mol. The highest BCUT2D eigenvalue weighted by molar-refractivity contribution is 5.91. The number of fused-ring (bicyclic) bond motifs is 1. The molecule has 156 valence electrons. The Morgan fingerprint density at radius 1 is 0.871 bits per heavy atom. The number of hydrazine groups is 1. The number of nitrogens with zero attached hydrogens (tertiary/aromatic N) is 1. The number of rotatable bonds is 3. The molecule has 31 heavy (non-hydrogen) atoms. The van der Waals surface area contributed by atoms with E-state index < -0.39 is 12.0 Å². The molecule has 0 saturated carbocycles. The van der Waals surface area contributed by atoms with Crippen molar-refractivity contribution in [1.82, 2.24) is 15.8 Å². The zero-order chi connectivity index (χ0) is 21.2. The average Bonchev–Trinajstić information content (AvgIpc) is 3.18. The number of aryl methyl sites for hydroxylation is 1.